The molecule has 1 N–H and O–H groups in total. The van der Waals surface area contributed by atoms with Gasteiger partial charge in [0, 0.05) is 15.4 Å². The van der Waals surface area contributed by atoms with Gasteiger partial charge < -0.3 is 10.0 Å². The van der Waals surface area contributed by atoms with Crippen LogP contribution >= 0.6 is 15.9 Å². The summed E-state index contributed by atoms with van der Waals surface area (Å²) in [6.45, 7) is 0. The minimum absolute atomic E-state index is 0.802. The van der Waals surface area contributed by atoms with Gasteiger partial charge in [-0.1, -0.05) is 21.1 Å². The van der Waals surface area contributed by atoms with Crippen LogP contribution in [0.2, 0.25) is 0 Å². The number of halogens is 1. The quantitative estimate of drug-likeness (QED) is 0.516. The third-order valence-electron chi connectivity index (χ3n) is 2.16. The molecule has 4 nitrogen and oxygen atoms in total. The summed E-state index contributed by atoms with van der Waals surface area (Å²) in [7, 11) is 1.58. The van der Waals surface area contributed by atoms with E-state index < -0.39 is 0 Å². The van der Waals surface area contributed by atoms with Crippen LogP contribution in [0.25, 0.3) is 10.9 Å². The molecule has 0 unspecified atom stereocenters. The highest BCUT2D eigenvalue weighted by atomic mass is 79.9. The summed E-state index contributed by atoms with van der Waals surface area (Å²) in [5, 5.41) is 12.5. The van der Waals surface area contributed by atoms with Gasteiger partial charge in [0.2, 0.25) is 0 Å². The number of aromatic nitrogens is 1. The highest BCUT2D eigenvalue weighted by Crippen LogP contribution is 2.23. The van der Waals surface area contributed by atoms with Gasteiger partial charge in [0.15, 0.2) is 0 Å². The molecule has 0 bridgehead atoms. The molecule has 0 saturated carbocycles. The molecule has 0 aliphatic heterocycles. The first-order chi connectivity index (χ1) is 7.26. The maximum absolute atomic E-state index is 8.54. The summed E-state index contributed by atoms with van der Waals surface area (Å²) in [6.07, 6.45) is 3.14. The molecule has 0 amide bonds. The maximum Gasteiger partial charge on any atom is 0.104 e. The first kappa shape index (κ1) is 10.0. The van der Waals surface area contributed by atoms with Crippen molar-refractivity contribution in [2.75, 3.05) is 7.11 Å². The van der Waals surface area contributed by atoms with Crippen LogP contribution in [-0.4, -0.2) is 23.3 Å². The van der Waals surface area contributed by atoms with Crippen LogP contribution in [0.5, 0.6) is 0 Å². The Bertz CT molecular complexity index is 519. The van der Waals surface area contributed by atoms with Crippen molar-refractivity contribution in [1.29, 1.82) is 0 Å². The van der Waals surface area contributed by atoms with E-state index in [0.29, 0.717) is 0 Å². The van der Waals surface area contributed by atoms with Crippen LogP contribution in [-0.2, 0) is 0 Å². The van der Waals surface area contributed by atoms with Gasteiger partial charge in [0.25, 0.3) is 0 Å². The molecular formula is C10H9BrN2O2. The number of oxime groups is 1. The Kier molecular flexibility index (Phi) is 2.64. The third kappa shape index (κ3) is 1.70. The van der Waals surface area contributed by atoms with Crippen molar-refractivity contribution in [1.82, 2.24) is 4.73 Å². The van der Waals surface area contributed by atoms with Crippen LogP contribution < -0.4 is 4.84 Å². The Morgan fingerprint density at radius 3 is 3.00 bits per heavy atom. The van der Waals surface area contributed by atoms with Crippen LogP contribution in [0.3, 0.4) is 0 Å². The van der Waals surface area contributed by atoms with Crippen LogP contribution in [0.1, 0.15) is 5.56 Å². The van der Waals surface area contributed by atoms with E-state index in [1.54, 1.807) is 18.0 Å². The van der Waals surface area contributed by atoms with Gasteiger partial charge in [-0.05, 0) is 18.2 Å². The third-order valence-corrected chi connectivity index (χ3v) is 2.65. The fraction of sp³-hybridized carbons (Fsp3) is 0.100. The van der Waals surface area contributed by atoms with E-state index in [1.165, 1.54) is 6.21 Å². The second-order valence-corrected chi connectivity index (χ2v) is 3.91. The van der Waals surface area contributed by atoms with Gasteiger partial charge in [-0.2, -0.15) is 4.73 Å². The molecule has 0 aliphatic rings. The topological polar surface area (TPSA) is 46.8 Å². The summed E-state index contributed by atoms with van der Waals surface area (Å²) >= 11 is 3.39. The molecule has 15 heavy (non-hydrogen) atoms. The predicted molar refractivity (Wildman–Crippen MR) is 61.5 cm³/mol. The molecule has 2 aromatic rings. The van der Waals surface area contributed by atoms with Gasteiger partial charge >= 0.3 is 0 Å². The number of benzene rings is 1. The molecule has 1 aromatic carbocycles. The normalized spacial score (nSPS) is 11.3. The highest BCUT2D eigenvalue weighted by Gasteiger charge is 2.07. The van der Waals surface area contributed by atoms with Gasteiger partial charge in [0.05, 0.1) is 17.9 Å². The average molecular weight is 269 g/mol. The molecule has 0 saturated heterocycles. The molecule has 0 atom stereocenters. The predicted octanol–water partition coefficient (Wildman–Crippen LogP) is 2.27. The van der Waals surface area contributed by atoms with E-state index in [-0.39, 0.29) is 0 Å². The second kappa shape index (κ2) is 3.94. The van der Waals surface area contributed by atoms with Crippen molar-refractivity contribution >= 4 is 33.0 Å². The summed E-state index contributed by atoms with van der Waals surface area (Å²) in [6, 6.07) is 5.80. The fourth-order valence-corrected chi connectivity index (χ4v) is 1.87. The molecule has 2 rings (SSSR count). The lowest BCUT2D eigenvalue weighted by atomic mass is 10.2. The first-order valence-electron chi connectivity index (χ1n) is 4.29. The molecule has 1 aromatic heterocycles. The van der Waals surface area contributed by atoms with E-state index in [1.807, 2.05) is 18.2 Å². The van der Waals surface area contributed by atoms with E-state index >= 15 is 0 Å². The van der Waals surface area contributed by atoms with Crippen LogP contribution in [0.15, 0.2) is 34.0 Å². The van der Waals surface area contributed by atoms with Crippen molar-refractivity contribution in [3.63, 3.8) is 0 Å². The van der Waals surface area contributed by atoms with Gasteiger partial charge in [-0.3, -0.25) is 0 Å². The molecule has 0 spiro atoms. The Balaban J connectivity index is 2.75. The summed E-state index contributed by atoms with van der Waals surface area (Å²) in [5.41, 5.74) is 1.73. The zero-order chi connectivity index (χ0) is 10.8. The minimum Gasteiger partial charge on any atom is -0.417 e. The Morgan fingerprint density at radius 2 is 2.33 bits per heavy atom. The molecule has 0 radical (unpaired) electrons. The lowest BCUT2D eigenvalue weighted by molar-refractivity contribution is 0.179. The van der Waals surface area contributed by atoms with E-state index in [2.05, 4.69) is 21.1 Å². The molecular weight excluding hydrogens is 260 g/mol. The molecule has 0 fully saturated rings. The maximum atomic E-state index is 8.54. The summed E-state index contributed by atoms with van der Waals surface area (Å²) < 4.78 is 2.59. The van der Waals surface area contributed by atoms with Crippen LogP contribution in [0.4, 0.5) is 0 Å². The van der Waals surface area contributed by atoms with Gasteiger partial charge in [-0.15, -0.1) is 0 Å². The van der Waals surface area contributed by atoms with E-state index in [9.17, 15) is 0 Å². The van der Waals surface area contributed by atoms with Crippen molar-refractivity contribution < 1.29 is 10.0 Å². The SMILES string of the molecule is COn1cc(C=NO)c2cc(Br)ccc21. The smallest absolute Gasteiger partial charge is 0.104 e. The Labute approximate surface area is 94.8 Å². The van der Waals surface area contributed by atoms with E-state index in [0.717, 1.165) is 20.9 Å². The Morgan fingerprint density at radius 1 is 1.53 bits per heavy atom. The number of hydrogen-bond acceptors (Lipinski definition) is 3. The number of nitrogens with zero attached hydrogens (tertiary/aromatic N) is 2. The molecule has 78 valence electrons. The van der Waals surface area contributed by atoms with Crippen molar-refractivity contribution in [2.45, 2.75) is 0 Å². The minimum atomic E-state index is 0.802. The van der Waals surface area contributed by atoms with Crippen molar-refractivity contribution in [2.24, 2.45) is 5.16 Å². The summed E-state index contributed by atoms with van der Waals surface area (Å²) in [5.74, 6) is 0. The van der Waals surface area contributed by atoms with Gasteiger partial charge in [-0.25, -0.2) is 0 Å². The van der Waals surface area contributed by atoms with Gasteiger partial charge in [0.1, 0.15) is 7.11 Å². The number of fused-ring (bicyclic) bond motifs is 1. The Hall–Kier alpha value is -1.49. The van der Waals surface area contributed by atoms with E-state index in [4.69, 9.17) is 10.0 Å². The molecule has 0 aliphatic carbocycles. The molecule has 5 heteroatoms. The average Bonchev–Trinajstić information content (AvgIpc) is 2.57. The van der Waals surface area contributed by atoms with Crippen molar-refractivity contribution in [3.8, 4) is 0 Å². The van der Waals surface area contributed by atoms with Crippen molar-refractivity contribution in [3.05, 3.63) is 34.4 Å². The monoisotopic (exact) mass is 268 g/mol. The largest absolute Gasteiger partial charge is 0.417 e. The first-order valence-corrected chi connectivity index (χ1v) is 5.08. The highest BCUT2D eigenvalue weighted by molar-refractivity contribution is 9.10. The lowest BCUT2D eigenvalue weighted by Gasteiger charge is -2.00. The van der Waals surface area contributed by atoms with Crippen LogP contribution in [0, 0.1) is 0 Å². The summed E-state index contributed by atoms with van der Waals surface area (Å²) in [4.78, 5) is 5.15. The number of rotatable bonds is 2. The zero-order valence-electron chi connectivity index (χ0n) is 8.01. The number of hydrogen-bond donors (Lipinski definition) is 1. The zero-order valence-corrected chi connectivity index (χ0v) is 9.60. The second-order valence-electron chi connectivity index (χ2n) is 3.00. The fourth-order valence-electron chi connectivity index (χ4n) is 1.51. The standard InChI is InChI=1S/C10H9BrN2O2/c1-15-13-6-7(5-12-14)9-4-8(11)2-3-10(9)13/h2-6,14H,1H3. The molecule has 1 heterocycles. The lowest BCUT2D eigenvalue weighted by Crippen LogP contribution is -2.02.